The first-order valence-electron chi connectivity index (χ1n) is 11.6. The normalized spacial score (nSPS) is 16.5. The highest BCUT2D eigenvalue weighted by molar-refractivity contribution is 6.32. The van der Waals surface area contributed by atoms with Crippen LogP contribution in [0.15, 0.2) is 53.3 Å². The number of rotatable bonds is 7. The molecule has 15 heteroatoms. The summed E-state index contributed by atoms with van der Waals surface area (Å²) in [6.07, 6.45) is -7.69. The van der Waals surface area contributed by atoms with Crippen LogP contribution in [0.2, 0.25) is 10.0 Å². The third-order valence-corrected chi connectivity index (χ3v) is 6.60. The van der Waals surface area contributed by atoms with Crippen molar-refractivity contribution < 1.29 is 27.8 Å². The highest BCUT2D eigenvalue weighted by Crippen LogP contribution is 2.29. The molecule has 10 nitrogen and oxygen atoms in total. The second kappa shape index (κ2) is 10.5. The fraction of sp³-hybridized carbons (Fsp3) is 0.292. The molecule has 3 heterocycles. The first-order valence-corrected chi connectivity index (χ1v) is 12.3. The zero-order valence-electron chi connectivity index (χ0n) is 19.8. The summed E-state index contributed by atoms with van der Waals surface area (Å²) >= 11 is 12.3. The molecule has 0 radical (unpaired) electrons. The minimum atomic E-state index is -4.95. The predicted octanol–water partition coefficient (Wildman–Crippen LogP) is 3.60. The highest BCUT2D eigenvalue weighted by atomic mass is 35.5. The summed E-state index contributed by atoms with van der Waals surface area (Å²) in [5.74, 6) is -0.491. The number of aliphatic hydroxyl groups excluding tert-OH is 1. The minimum absolute atomic E-state index is 0.0627. The first-order chi connectivity index (χ1) is 18.5. The lowest BCUT2D eigenvalue weighted by molar-refractivity contribution is -0.207. The van der Waals surface area contributed by atoms with Crippen LogP contribution in [0.5, 0.6) is 0 Å². The molecule has 0 spiro atoms. The number of hydrogen-bond acceptors (Lipinski definition) is 7. The number of para-hydroxylation sites is 1. The maximum Gasteiger partial charge on any atom is 0.416 e. The Bertz CT molecular complexity index is 1580. The van der Waals surface area contributed by atoms with E-state index in [2.05, 4.69) is 15.2 Å². The smallest absolute Gasteiger partial charge is 0.416 e. The van der Waals surface area contributed by atoms with E-state index < -0.39 is 36.4 Å². The molecule has 2 aromatic heterocycles. The summed E-state index contributed by atoms with van der Waals surface area (Å²) in [5, 5.41) is 19.1. The fourth-order valence-electron chi connectivity index (χ4n) is 4.11. The van der Waals surface area contributed by atoms with Crippen LogP contribution in [0, 0.1) is 0 Å². The molecule has 0 amide bonds. The van der Waals surface area contributed by atoms with Gasteiger partial charge in [0.15, 0.2) is 17.8 Å². The van der Waals surface area contributed by atoms with E-state index in [0.29, 0.717) is 27.1 Å². The summed E-state index contributed by atoms with van der Waals surface area (Å²) < 4.78 is 47.6. The van der Waals surface area contributed by atoms with Gasteiger partial charge in [0.2, 0.25) is 0 Å². The zero-order valence-corrected chi connectivity index (χ0v) is 21.4. The van der Waals surface area contributed by atoms with E-state index >= 15 is 0 Å². The topological polar surface area (TPSA) is 117 Å². The second-order valence-electron chi connectivity index (χ2n) is 8.77. The van der Waals surface area contributed by atoms with Crippen LogP contribution >= 0.6 is 23.2 Å². The molecule has 1 unspecified atom stereocenters. The van der Waals surface area contributed by atoms with E-state index in [1.165, 1.54) is 28.9 Å². The number of cyclic esters (lactones) is 1. The van der Waals surface area contributed by atoms with E-state index in [-0.39, 0.29) is 31.2 Å². The van der Waals surface area contributed by atoms with Crippen molar-refractivity contribution >= 4 is 29.2 Å². The first kappa shape index (κ1) is 26.9. The molecule has 4 aromatic rings. The summed E-state index contributed by atoms with van der Waals surface area (Å²) in [6.45, 7) is -1.32. The molecule has 0 saturated carbocycles. The number of alkyl halides is 3. The van der Waals surface area contributed by atoms with Gasteiger partial charge in [-0.05, 0) is 36.4 Å². The van der Waals surface area contributed by atoms with Crippen molar-refractivity contribution in [1.29, 1.82) is 0 Å². The number of ether oxygens (including phenoxy) is 1. The number of carbonyl (C=O) groups excluding carboxylic acids is 1. The molecular weight excluding hydrogens is 564 g/mol. The van der Waals surface area contributed by atoms with Crippen molar-refractivity contribution in [2.75, 3.05) is 6.61 Å². The van der Waals surface area contributed by atoms with E-state index in [1.807, 2.05) is 0 Å². The van der Waals surface area contributed by atoms with Gasteiger partial charge in [0.05, 0.1) is 29.6 Å². The molecule has 1 fully saturated rings. The van der Waals surface area contributed by atoms with Crippen LogP contribution in [0.1, 0.15) is 24.0 Å². The molecule has 1 aliphatic rings. The molecular formula is C24H19Cl2F3N6O4. The van der Waals surface area contributed by atoms with Crippen LogP contribution in [-0.2, 0) is 22.6 Å². The van der Waals surface area contributed by atoms with Crippen LogP contribution in [0.4, 0.5) is 13.2 Å². The number of aromatic nitrogens is 6. The van der Waals surface area contributed by atoms with Crippen LogP contribution < -0.4 is 5.69 Å². The van der Waals surface area contributed by atoms with Gasteiger partial charge in [0, 0.05) is 10.6 Å². The molecule has 1 N–H and O–H groups in total. The molecule has 0 aliphatic carbocycles. The number of benzene rings is 2. The summed E-state index contributed by atoms with van der Waals surface area (Å²) in [5.41, 5.74) is -0.139. The van der Waals surface area contributed by atoms with E-state index in [0.717, 1.165) is 9.25 Å². The Hall–Kier alpha value is -3.68. The number of halogens is 5. The number of esters is 1. The van der Waals surface area contributed by atoms with Gasteiger partial charge in [-0.2, -0.15) is 13.2 Å². The summed E-state index contributed by atoms with van der Waals surface area (Å²) in [7, 11) is 0. The van der Waals surface area contributed by atoms with Crippen molar-refractivity contribution in [2.45, 2.75) is 37.7 Å². The van der Waals surface area contributed by atoms with Gasteiger partial charge in [-0.1, -0.05) is 35.3 Å². The van der Waals surface area contributed by atoms with Gasteiger partial charge in [0.25, 0.3) is 0 Å². The Labute approximate surface area is 228 Å². The predicted molar refractivity (Wildman–Crippen MR) is 133 cm³/mol. The average Bonchev–Trinajstić information content (AvgIpc) is 3.58. The Morgan fingerprint density at radius 1 is 1.08 bits per heavy atom. The van der Waals surface area contributed by atoms with Crippen molar-refractivity contribution in [3.63, 3.8) is 0 Å². The Balaban J connectivity index is 1.57. The molecule has 2 atom stereocenters. The molecule has 1 aliphatic heterocycles. The largest absolute Gasteiger partial charge is 0.465 e. The number of carbonyl (C=O) groups is 1. The monoisotopic (exact) mass is 582 g/mol. The maximum atomic E-state index is 13.2. The third-order valence-electron chi connectivity index (χ3n) is 6.03. The van der Waals surface area contributed by atoms with Gasteiger partial charge in [-0.3, -0.25) is 9.36 Å². The molecule has 39 heavy (non-hydrogen) atoms. The molecule has 0 bridgehead atoms. The van der Waals surface area contributed by atoms with Gasteiger partial charge in [-0.25, -0.2) is 19.1 Å². The van der Waals surface area contributed by atoms with Gasteiger partial charge in [0.1, 0.15) is 19.0 Å². The van der Waals surface area contributed by atoms with Gasteiger partial charge < -0.3 is 9.84 Å². The molecule has 204 valence electrons. The molecule has 2 aromatic carbocycles. The average molecular weight is 583 g/mol. The minimum Gasteiger partial charge on any atom is -0.465 e. The number of hydrogen-bond donors (Lipinski definition) is 1. The molecule has 5 rings (SSSR count). The molecule has 1 saturated heterocycles. The van der Waals surface area contributed by atoms with Crippen LogP contribution in [-0.4, -0.2) is 59.1 Å². The lowest BCUT2D eigenvalue weighted by Gasteiger charge is -2.15. The highest BCUT2D eigenvalue weighted by Gasteiger charge is 2.39. The van der Waals surface area contributed by atoms with Gasteiger partial charge in [-0.15, -0.1) is 10.2 Å². The lowest BCUT2D eigenvalue weighted by atomic mass is 10.1. The SMILES string of the molecule is O=C1CC(c2nc(Cn3nc(-c4ccc(Cl)cc4)n(C[C@H](O)C(F)(F)F)c3=O)nn2-c2ccccc2Cl)CO1. The van der Waals surface area contributed by atoms with Crippen molar-refractivity contribution in [2.24, 2.45) is 0 Å². The quantitative estimate of drug-likeness (QED) is 0.331. The van der Waals surface area contributed by atoms with Crippen molar-refractivity contribution in [3.8, 4) is 17.1 Å². The second-order valence-corrected chi connectivity index (χ2v) is 9.62. The Morgan fingerprint density at radius 3 is 2.44 bits per heavy atom. The van der Waals surface area contributed by atoms with E-state index in [1.54, 1.807) is 24.3 Å². The third kappa shape index (κ3) is 5.56. The van der Waals surface area contributed by atoms with Gasteiger partial charge >= 0.3 is 17.8 Å². The Morgan fingerprint density at radius 2 is 1.79 bits per heavy atom. The Kier molecular flexibility index (Phi) is 7.23. The lowest BCUT2D eigenvalue weighted by Crippen LogP contribution is -2.37. The van der Waals surface area contributed by atoms with Crippen LogP contribution in [0.25, 0.3) is 17.1 Å². The summed E-state index contributed by atoms with van der Waals surface area (Å²) in [4.78, 5) is 29.5. The van der Waals surface area contributed by atoms with E-state index in [9.17, 15) is 27.9 Å². The summed E-state index contributed by atoms with van der Waals surface area (Å²) in [6, 6.07) is 12.8. The zero-order chi connectivity index (χ0) is 27.9. The fourth-order valence-corrected chi connectivity index (χ4v) is 4.45. The number of aliphatic hydroxyl groups is 1. The van der Waals surface area contributed by atoms with Crippen molar-refractivity contribution in [3.05, 3.63) is 80.7 Å². The van der Waals surface area contributed by atoms with Crippen molar-refractivity contribution in [1.82, 2.24) is 29.1 Å². The standard InChI is InChI=1S/C24H19Cl2F3N6O4/c25-15-7-5-13(6-8-15)22-32-34(23(38)33(22)10-18(36)24(27,28)29)11-19-30-21(14-9-20(37)39-12-14)35(31-19)17-4-2-1-3-16(17)26/h1-8,14,18,36H,9-12H2/t14?,18-/m0/s1. The van der Waals surface area contributed by atoms with E-state index in [4.69, 9.17) is 27.9 Å². The maximum absolute atomic E-state index is 13.2. The number of nitrogens with zero attached hydrogens (tertiary/aromatic N) is 6. The van der Waals surface area contributed by atoms with Crippen LogP contribution in [0.3, 0.4) is 0 Å².